The molecule has 0 aromatic heterocycles. The lowest BCUT2D eigenvalue weighted by Crippen LogP contribution is -2.54. The van der Waals surface area contributed by atoms with E-state index in [1.54, 1.807) is 17.0 Å². The molecule has 2 aliphatic heterocycles. The largest absolute Gasteiger partial charge is 0.493 e. The first-order valence-corrected chi connectivity index (χ1v) is 15.0. The molecule has 218 valence electrons. The third-order valence-electron chi connectivity index (χ3n) is 7.69. The lowest BCUT2D eigenvalue weighted by Gasteiger charge is -2.39. The van der Waals surface area contributed by atoms with Crippen LogP contribution in [0.5, 0.6) is 5.75 Å². The molecule has 0 spiro atoms. The van der Waals surface area contributed by atoms with Gasteiger partial charge in [0.1, 0.15) is 11.6 Å². The zero-order valence-corrected chi connectivity index (χ0v) is 25.1. The van der Waals surface area contributed by atoms with Gasteiger partial charge in [0.05, 0.1) is 6.61 Å². The molecule has 40 heavy (non-hydrogen) atoms. The van der Waals surface area contributed by atoms with E-state index in [2.05, 4.69) is 25.7 Å². The predicted octanol–water partition coefficient (Wildman–Crippen LogP) is 4.70. The van der Waals surface area contributed by atoms with Crippen molar-refractivity contribution >= 4 is 39.5 Å². The van der Waals surface area contributed by atoms with Crippen LogP contribution in [-0.4, -0.2) is 85.2 Å². The van der Waals surface area contributed by atoms with Crippen LogP contribution >= 0.6 is 27.5 Å². The van der Waals surface area contributed by atoms with Crippen molar-refractivity contribution in [1.29, 1.82) is 0 Å². The van der Waals surface area contributed by atoms with Crippen LogP contribution in [0, 0.1) is 11.7 Å². The van der Waals surface area contributed by atoms with Crippen molar-refractivity contribution in [2.45, 2.75) is 38.8 Å². The van der Waals surface area contributed by atoms with Gasteiger partial charge in [0.15, 0.2) is 6.10 Å². The monoisotopic (exact) mass is 638 g/mol. The minimum atomic E-state index is -0.937. The summed E-state index contributed by atoms with van der Waals surface area (Å²) in [7, 11) is 0. The minimum Gasteiger partial charge on any atom is -0.493 e. The number of rotatable bonds is 10. The van der Waals surface area contributed by atoms with Gasteiger partial charge in [-0.15, -0.1) is 0 Å². The fourth-order valence-electron chi connectivity index (χ4n) is 5.48. The summed E-state index contributed by atoms with van der Waals surface area (Å²) in [6.45, 7) is 7.27. The highest BCUT2D eigenvalue weighted by molar-refractivity contribution is 9.10. The highest BCUT2D eigenvalue weighted by Gasteiger charge is 2.37. The Bertz CT molecular complexity index is 1170. The van der Waals surface area contributed by atoms with E-state index in [1.807, 2.05) is 25.1 Å². The summed E-state index contributed by atoms with van der Waals surface area (Å²) in [5.74, 6) is -0.0617. The third kappa shape index (κ3) is 8.09. The van der Waals surface area contributed by atoms with Gasteiger partial charge in [0.25, 0.3) is 5.91 Å². The summed E-state index contributed by atoms with van der Waals surface area (Å²) in [5.41, 5.74) is 7.06. The standard InChI is InChI=1S/C29H37BrClFN4O4/c1-2-39-26-5-3-4-25(32)23(26)19-35-14-16-36(17-15-35)28(37)27(40-29(33)38)20-8-11-34(12-9-20)13-10-21-18-22(31)6-7-24(21)30/h3-7,18,20,27H,2,8-17,19H2,1H3,(H2,33,38). The van der Waals surface area contributed by atoms with Crippen molar-refractivity contribution in [1.82, 2.24) is 14.7 Å². The molecule has 11 heteroatoms. The average Bonchev–Trinajstić information content (AvgIpc) is 2.94. The molecule has 2 aliphatic rings. The number of primary amides is 1. The molecule has 2 fully saturated rings. The van der Waals surface area contributed by atoms with Crippen molar-refractivity contribution in [2.75, 3.05) is 52.4 Å². The van der Waals surface area contributed by atoms with E-state index in [0.717, 1.165) is 48.9 Å². The summed E-state index contributed by atoms with van der Waals surface area (Å²) in [6.07, 6.45) is 0.481. The van der Waals surface area contributed by atoms with Crippen LogP contribution in [0.4, 0.5) is 9.18 Å². The Morgan fingerprint density at radius 3 is 2.50 bits per heavy atom. The molecule has 0 aliphatic carbocycles. The summed E-state index contributed by atoms with van der Waals surface area (Å²) < 4.78 is 26.6. The predicted molar refractivity (Wildman–Crippen MR) is 156 cm³/mol. The number of piperidine rings is 1. The number of carbonyl (C=O) groups excluding carboxylic acids is 2. The smallest absolute Gasteiger partial charge is 0.405 e. The maximum Gasteiger partial charge on any atom is 0.405 e. The van der Waals surface area contributed by atoms with E-state index in [0.29, 0.717) is 55.7 Å². The van der Waals surface area contributed by atoms with Crippen LogP contribution in [0.25, 0.3) is 0 Å². The summed E-state index contributed by atoms with van der Waals surface area (Å²) >= 11 is 9.74. The first-order valence-electron chi connectivity index (χ1n) is 13.8. The molecule has 0 radical (unpaired) electrons. The molecular formula is C29H37BrClFN4O4. The summed E-state index contributed by atoms with van der Waals surface area (Å²) in [5, 5.41) is 0.713. The van der Waals surface area contributed by atoms with E-state index in [1.165, 1.54) is 6.07 Å². The number of benzene rings is 2. The molecule has 2 aromatic rings. The number of carbonyl (C=O) groups is 2. The lowest BCUT2D eigenvalue weighted by atomic mass is 9.90. The molecule has 0 saturated carbocycles. The lowest BCUT2D eigenvalue weighted by molar-refractivity contribution is -0.146. The van der Waals surface area contributed by atoms with Crippen molar-refractivity contribution in [3.05, 3.63) is 62.8 Å². The fourth-order valence-corrected chi connectivity index (χ4v) is 6.12. The Hall–Kier alpha value is -2.40. The number of halogens is 3. The zero-order valence-electron chi connectivity index (χ0n) is 22.8. The van der Waals surface area contributed by atoms with Gasteiger partial charge in [-0.1, -0.05) is 33.6 Å². The second-order valence-corrected chi connectivity index (χ2v) is 11.6. The normalized spacial score (nSPS) is 17.9. The zero-order chi connectivity index (χ0) is 28.6. The maximum atomic E-state index is 14.5. The molecule has 2 saturated heterocycles. The first-order chi connectivity index (χ1) is 19.2. The molecule has 0 bridgehead atoms. The molecule has 8 nitrogen and oxygen atoms in total. The van der Waals surface area contributed by atoms with Gasteiger partial charge in [-0.2, -0.15) is 0 Å². The third-order valence-corrected chi connectivity index (χ3v) is 8.70. The molecule has 2 amide bonds. The molecule has 2 aromatic carbocycles. The van der Waals surface area contributed by atoms with Gasteiger partial charge in [0, 0.05) is 60.2 Å². The molecule has 4 rings (SSSR count). The Kier molecular flexibility index (Phi) is 11.1. The second-order valence-electron chi connectivity index (χ2n) is 10.3. The molecule has 2 heterocycles. The van der Waals surface area contributed by atoms with Crippen LogP contribution in [0.15, 0.2) is 40.9 Å². The number of nitrogens with two attached hydrogens (primary N) is 1. The molecular weight excluding hydrogens is 603 g/mol. The van der Waals surface area contributed by atoms with Gasteiger partial charge >= 0.3 is 6.09 Å². The van der Waals surface area contributed by atoms with Crippen LogP contribution in [0.1, 0.15) is 30.9 Å². The van der Waals surface area contributed by atoms with Crippen molar-refractivity contribution in [2.24, 2.45) is 11.7 Å². The van der Waals surface area contributed by atoms with Crippen LogP contribution < -0.4 is 10.5 Å². The number of hydrogen-bond donors (Lipinski definition) is 1. The number of amides is 2. The van der Waals surface area contributed by atoms with Gasteiger partial charge in [-0.3, -0.25) is 9.69 Å². The van der Waals surface area contributed by atoms with Crippen molar-refractivity contribution in [3.63, 3.8) is 0 Å². The van der Waals surface area contributed by atoms with E-state index in [4.69, 9.17) is 26.8 Å². The summed E-state index contributed by atoms with van der Waals surface area (Å²) in [4.78, 5) is 31.5. The van der Waals surface area contributed by atoms with E-state index in [-0.39, 0.29) is 17.6 Å². The molecule has 1 unspecified atom stereocenters. The Balaban J connectivity index is 1.30. The van der Waals surface area contributed by atoms with Crippen LogP contribution in [0.2, 0.25) is 5.02 Å². The minimum absolute atomic E-state index is 0.0978. The highest BCUT2D eigenvalue weighted by Crippen LogP contribution is 2.28. The summed E-state index contributed by atoms with van der Waals surface area (Å²) in [6, 6.07) is 10.6. The molecule has 2 N–H and O–H groups in total. The average molecular weight is 640 g/mol. The number of likely N-dealkylation sites (tertiary alicyclic amines) is 1. The van der Waals surface area contributed by atoms with Gasteiger partial charge in [-0.05, 0) is 75.2 Å². The quantitative estimate of drug-likeness (QED) is 0.406. The van der Waals surface area contributed by atoms with Crippen molar-refractivity contribution < 1.29 is 23.5 Å². The van der Waals surface area contributed by atoms with Gasteiger partial charge in [0.2, 0.25) is 0 Å². The Morgan fingerprint density at radius 2 is 1.82 bits per heavy atom. The van der Waals surface area contributed by atoms with Gasteiger partial charge < -0.3 is 25.0 Å². The maximum absolute atomic E-state index is 14.5. The number of ether oxygens (including phenoxy) is 2. The van der Waals surface area contributed by atoms with E-state index < -0.39 is 12.2 Å². The number of nitrogens with zero attached hydrogens (tertiary/aromatic N) is 3. The fraction of sp³-hybridized carbons (Fsp3) is 0.517. The van der Waals surface area contributed by atoms with Crippen LogP contribution in [0.3, 0.4) is 0 Å². The number of piperazine rings is 1. The Labute approximate surface area is 248 Å². The van der Waals surface area contributed by atoms with E-state index in [9.17, 15) is 14.0 Å². The van der Waals surface area contributed by atoms with E-state index >= 15 is 0 Å². The SMILES string of the molecule is CCOc1cccc(F)c1CN1CCN(C(=O)C(OC(N)=O)C2CCN(CCc3cc(Cl)ccc3Br)CC2)CC1. The number of hydrogen-bond acceptors (Lipinski definition) is 6. The molecule has 1 atom stereocenters. The van der Waals surface area contributed by atoms with Gasteiger partial charge in [-0.25, -0.2) is 9.18 Å². The Morgan fingerprint density at radius 1 is 1.10 bits per heavy atom. The second kappa shape index (κ2) is 14.5. The first kappa shape index (κ1) is 30.6. The van der Waals surface area contributed by atoms with Crippen LogP contribution in [-0.2, 0) is 22.5 Å². The van der Waals surface area contributed by atoms with Crippen molar-refractivity contribution in [3.8, 4) is 5.75 Å². The topological polar surface area (TPSA) is 88.3 Å². The highest BCUT2D eigenvalue weighted by atomic mass is 79.9.